The second-order valence-corrected chi connectivity index (χ2v) is 8.43. The van der Waals surface area contributed by atoms with E-state index in [1.807, 2.05) is 30.3 Å². The number of benzene rings is 1. The topological polar surface area (TPSA) is 72.2 Å². The second-order valence-electron chi connectivity index (χ2n) is 7.32. The van der Waals surface area contributed by atoms with Crippen molar-refractivity contribution in [1.29, 1.82) is 0 Å². The Bertz CT molecular complexity index is 837. The SMILES string of the molecule is C[C@H]1CCc2c(sc(NC(=O)C3(c4ccccc4)CC3)c2C(N)=O)C1. The Morgan fingerprint density at radius 3 is 2.60 bits per heavy atom. The normalized spacial score (nSPS) is 20.6. The van der Waals surface area contributed by atoms with Crippen LogP contribution in [0.25, 0.3) is 0 Å². The molecule has 1 heterocycles. The van der Waals surface area contributed by atoms with E-state index in [2.05, 4.69) is 12.2 Å². The number of thiophene rings is 1. The zero-order valence-electron chi connectivity index (χ0n) is 14.3. The fourth-order valence-corrected chi connectivity index (χ4v) is 5.26. The van der Waals surface area contributed by atoms with Crippen LogP contribution in [0.4, 0.5) is 5.00 Å². The van der Waals surface area contributed by atoms with Crippen molar-refractivity contribution in [2.24, 2.45) is 11.7 Å². The molecule has 0 saturated heterocycles. The third kappa shape index (κ3) is 2.76. The van der Waals surface area contributed by atoms with Crippen molar-refractivity contribution in [3.8, 4) is 0 Å². The van der Waals surface area contributed by atoms with Gasteiger partial charge in [-0.2, -0.15) is 0 Å². The molecule has 1 fully saturated rings. The van der Waals surface area contributed by atoms with Crippen molar-refractivity contribution in [2.75, 3.05) is 5.32 Å². The van der Waals surface area contributed by atoms with Gasteiger partial charge >= 0.3 is 0 Å². The molecule has 1 saturated carbocycles. The molecule has 0 spiro atoms. The van der Waals surface area contributed by atoms with Crippen LogP contribution in [0.1, 0.15) is 52.5 Å². The van der Waals surface area contributed by atoms with Crippen molar-refractivity contribution in [3.63, 3.8) is 0 Å². The number of rotatable bonds is 4. The number of fused-ring (bicyclic) bond motifs is 1. The molecule has 1 aromatic heterocycles. The summed E-state index contributed by atoms with van der Waals surface area (Å²) < 4.78 is 0. The summed E-state index contributed by atoms with van der Waals surface area (Å²) in [7, 11) is 0. The van der Waals surface area contributed by atoms with Gasteiger partial charge in [-0.25, -0.2) is 0 Å². The van der Waals surface area contributed by atoms with Gasteiger partial charge in [-0.1, -0.05) is 37.3 Å². The molecule has 4 nitrogen and oxygen atoms in total. The maximum Gasteiger partial charge on any atom is 0.251 e. The quantitative estimate of drug-likeness (QED) is 0.880. The van der Waals surface area contributed by atoms with E-state index in [9.17, 15) is 9.59 Å². The van der Waals surface area contributed by atoms with Crippen molar-refractivity contribution in [1.82, 2.24) is 0 Å². The molecule has 2 aromatic rings. The lowest BCUT2D eigenvalue weighted by Gasteiger charge is -2.18. The van der Waals surface area contributed by atoms with E-state index in [1.165, 1.54) is 16.2 Å². The van der Waals surface area contributed by atoms with Gasteiger partial charge in [0.1, 0.15) is 5.00 Å². The minimum Gasteiger partial charge on any atom is -0.365 e. The van der Waals surface area contributed by atoms with Crippen LogP contribution < -0.4 is 11.1 Å². The van der Waals surface area contributed by atoms with E-state index in [0.29, 0.717) is 16.5 Å². The average molecular weight is 354 g/mol. The number of carbonyl (C=O) groups is 2. The first-order valence-electron chi connectivity index (χ1n) is 8.82. The molecular formula is C20H22N2O2S. The predicted octanol–water partition coefficient (Wildman–Crippen LogP) is 3.64. The smallest absolute Gasteiger partial charge is 0.251 e. The fraction of sp³-hybridized carbons (Fsp3) is 0.400. The molecule has 0 unspecified atom stereocenters. The van der Waals surface area contributed by atoms with E-state index < -0.39 is 11.3 Å². The van der Waals surface area contributed by atoms with Crippen LogP contribution >= 0.6 is 11.3 Å². The Hall–Kier alpha value is -2.14. The van der Waals surface area contributed by atoms with Crippen molar-refractivity contribution < 1.29 is 9.59 Å². The molecule has 0 radical (unpaired) electrons. The van der Waals surface area contributed by atoms with Gasteiger partial charge in [0.2, 0.25) is 5.91 Å². The first-order chi connectivity index (χ1) is 12.0. The first kappa shape index (κ1) is 16.3. The maximum absolute atomic E-state index is 13.0. The maximum atomic E-state index is 13.0. The standard InChI is InChI=1S/C20H22N2O2S/c1-12-7-8-14-15(11-12)25-18(16(14)17(21)23)22-19(24)20(9-10-20)13-5-3-2-4-6-13/h2-6,12H,7-11H2,1H3,(H2,21,23)(H,22,24)/t12-/m0/s1. The molecular weight excluding hydrogens is 332 g/mol. The van der Waals surface area contributed by atoms with Gasteiger partial charge in [-0.05, 0) is 49.1 Å². The monoisotopic (exact) mass is 354 g/mol. The first-order valence-corrected chi connectivity index (χ1v) is 9.64. The zero-order chi connectivity index (χ0) is 17.6. The number of nitrogens with one attached hydrogen (secondary N) is 1. The van der Waals surface area contributed by atoms with Gasteiger partial charge in [0, 0.05) is 4.88 Å². The van der Waals surface area contributed by atoms with Crippen LogP contribution in [-0.4, -0.2) is 11.8 Å². The van der Waals surface area contributed by atoms with E-state index in [-0.39, 0.29) is 5.91 Å². The highest BCUT2D eigenvalue weighted by Gasteiger charge is 2.51. The molecule has 1 atom stereocenters. The van der Waals surface area contributed by atoms with Gasteiger partial charge in [-0.3, -0.25) is 9.59 Å². The highest BCUT2D eigenvalue weighted by molar-refractivity contribution is 7.17. The van der Waals surface area contributed by atoms with Crippen LogP contribution in [0.3, 0.4) is 0 Å². The van der Waals surface area contributed by atoms with E-state index >= 15 is 0 Å². The van der Waals surface area contributed by atoms with Gasteiger partial charge < -0.3 is 11.1 Å². The summed E-state index contributed by atoms with van der Waals surface area (Å²) in [6.45, 7) is 2.22. The number of amides is 2. The summed E-state index contributed by atoms with van der Waals surface area (Å²) in [4.78, 5) is 26.2. The lowest BCUT2D eigenvalue weighted by Crippen LogP contribution is -2.28. The van der Waals surface area contributed by atoms with E-state index in [1.54, 1.807) is 0 Å². The summed E-state index contributed by atoms with van der Waals surface area (Å²) in [5.74, 6) is 0.147. The summed E-state index contributed by atoms with van der Waals surface area (Å²) in [5, 5.41) is 3.68. The Morgan fingerprint density at radius 1 is 1.24 bits per heavy atom. The number of nitrogens with two attached hydrogens (primary N) is 1. The summed E-state index contributed by atoms with van der Waals surface area (Å²) in [6.07, 6.45) is 4.57. The Balaban J connectivity index is 1.65. The Morgan fingerprint density at radius 2 is 1.96 bits per heavy atom. The minimum atomic E-state index is -0.450. The van der Waals surface area contributed by atoms with Gasteiger partial charge in [0.15, 0.2) is 0 Å². The van der Waals surface area contributed by atoms with Crippen LogP contribution in [-0.2, 0) is 23.1 Å². The summed E-state index contributed by atoms with van der Waals surface area (Å²) in [6, 6.07) is 9.88. The predicted molar refractivity (Wildman–Crippen MR) is 100 cm³/mol. The van der Waals surface area contributed by atoms with Crippen molar-refractivity contribution in [2.45, 2.75) is 44.4 Å². The number of carbonyl (C=O) groups excluding carboxylic acids is 2. The molecule has 5 heteroatoms. The van der Waals surface area contributed by atoms with Gasteiger partial charge in [0.25, 0.3) is 5.91 Å². The summed E-state index contributed by atoms with van der Waals surface area (Å²) >= 11 is 1.53. The molecule has 130 valence electrons. The molecule has 1 aromatic carbocycles. The van der Waals surface area contributed by atoms with Crippen molar-refractivity contribution in [3.05, 3.63) is 51.9 Å². The third-order valence-electron chi connectivity index (χ3n) is 5.50. The molecule has 0 aliphatic heterocycles. The molecule has 2 aliphatic carbocycles. The molecule has 2 aliphatic rings. The molecule has 3 N–H and O–H groups in total. The van der Waals surface area contributed by atoms with Crippen LogP contribution in [0.5, 0.6) is 0 Å². The number of hydrogen-bond acceptors (Lipinski definition) is 3. The molecule has 0 bridgehead atoms. The zero-order valence-corrected chi connectivity index (χ0v) is 15.1. The average Bonchev–Trinajstić information content (AvgIpc) is 3.32. The van der Waals surface area contributed by atoms with Gasteiger partial charge in [-0.15, -0.1) is 11.3 Å². The lowest BCUT2D eigenvalue weighted by atomic mass is 9.88. The molecule has 4 rings (SSSR count). The van der Waals surface area contributed by atoms with E-state index in [0.717, 1.165) is 43.2 Å². The highest BCUT2D eigenvalue weighted by Crippen LogP contribution is 2.49. The molecule has 2 amide bonds. The lowest BCUT2D eigenvalue weighted by molar-refractivity contribution is -0.118. The number of hydrogen-bond donors (Lipinski definition) is 2. The summed E-state index contributed by atoms with van der Waals surface area (Å²) in [5.41, 5.74) is 7.82. The molecule has 25 heavy (non-hydrogen) atoms. The number of anilines is 1. The van der Waals surface area contributed by atoms with Gasteiger partial charge in [0.05, 0.1) is 11.0 Å². The van der Waals surface area contributed by atoms with Crippen LogP contribution in [0.15, 0.2) is 30.3 Å². The minimum absolute atomic E-state index is 0.0205. The van der Waals surface area contributed by atoms with Crippen LogP contribution in [0.2, 0.25) is 0 Å². The largest absolute Gasteiger partial charge is 0.365 e. The highest BCUT2D eigenvalue weighted by atomic mass is 32.1. The van der Waals surface area contributed by atoms with Crippen molar-refractivity contribution >= 4 is 28.2 Å². The fourth-order valence-electron chi connectivity index (χ4n) is 3.85. The second kappa shape index (κ2) is 5.99. The van der Waals surface area contributed by atoms with Crippen LogP contribution in [0, 0.1) is 5.92 Å². The third-order valence-corrected chi connectivity index (χ3v) is 6.67. The van der Waals surface area contributed by atoms with E-state index in [4.69, 9.17) is 5.73 Å². The Labute approximate surface area is 151 Å². The Kier molecular flexibility index (Phi) is 3.91. The number of primary amides is 1.